The van der Waals surface area contributed by atoms with E-state index in [9.17, 15) is 9.90 Å². The van der Waals surface area contributed by atoms with Crippen LogP contribution in [-0.4, -0.2) is 67.2 Å². The van der Waals surface area contributed by atoms with Crippen LogP contribution in [0.4, 0.5) is 34.5 Å². The van der Waals surface area contributed by atoms with Gasteiger partial charge in [-0.3, -0.25) is 4.79 Å². The van der Waals surface area contributed by atoms with E-state index in [0.29, 0.717) is 28.6 Å². The van der Waals surface area contributed by atoms with E-state index in [4.69, 9.17) is 27.9 Å². The highest BCUT2D eigenvalue weighted by Gasteiger charge is 2.17. The molecule has 0 spiro atoms. The summed E-state index contributed by atoms with van der Waals surface area (Å²) >= 11 is 12.3. The Morgan fingerprint density at radius 1 is 1.11 bits per heavy atom. The van der Waals surface area contributed by atoms with Crippen LogP contribution in [0.1, 0.15) is 0 Å². The van der Waals surface area contributed by atoms with Gasteiger partial charge in [0.2, 0.25) is 11.9 Å². The molecule has 12 heteroatoms. The molecule has 3 rings (SSSR count). The number of carbonyl (C=O) groups excluding carboxylic acids is 1. The molecular formula is C25H29Cl2N7O3. The molecule has 0 aliphatic heterocycles. The summed E-state index contributed by atoms with van der Waals surface area (Å²) in [6, 6.07) is 8.21. The molecule has 0 saturated heterocycles. The van der Waals surface area contributed by atoms with Gasteiger partial charge in [-0.25, -0.2) is 4.98 Å². The van der Waals surface area contributed by atoms with Crippen molar-refractivity contribution in [2.24, 2.45) is 0 Å². The number of amides is 1. The average Bonchev–Trinajstić information content (AvgIpc) is 2.86. The summed E-state index contributed by atoms with van der Waals surface area (Å²) in [6.07, 6.45) is 2.65. The Bertz CT molecular complexity index is 1290. The fraction of sp³-hybridized carbons (Fsp3) is 0.240. The number of ether oxygens (including phenoxy) is 1. The number of anilines is 6. The topological polar surface area (TPSA) is 115 Å². The third kappa shape index (κ3) is 7.39. The fourth-order valence-electron chi connectivity index (χ4n) is 3.26. The number of hydrogen-bond acceptors (Lipinski definition) is 9. The first-order valence-corrected chi connectivity index (χ1v) is 11.9. The van der Waals surface area contributed by atoms with Crippen molar-refractivity contribution in [2.75, 3.05) is 62.2 Å². The van der Waals surface area contributed by atoms with Gasteiger partial charge in [-0.15, -0.1) is 0 Å². The molecule has 0 unspecified atom stereocenters. The van der Waals surface area contributed by atoms with Crippen molar-refractivity contribution in [1.82, 2.24) is 14.9 Å². The molecule has 0 aliphatic carbocycles. The Morgan fingerprint density at radius 3 is 2.51 bits per heavy atom. The minimum absolute atomic E-state index is 0.0365. The number of phenolic OH excluding ortho intramolecular Hbond substituents is 1. The smallest absolute Gasteiger partial charge is 0.247 e. The van der Waals surface area contributed by atoms with E-state index in [2.05, 4.69) is 37.4 Å². The molecule has 1 aromatic heterocycles. The molecule has 0 fully saturated rings. The van der Waals surface area contributed by atoms with Gasteiger partial charge in [-0.1, -0.05) is 29.8 Å². The van der Waals surface area contributed by atoms with Gasteiger partial charge in [-0.2, -0.15) is 4.98 Å². The van der Waals surface area contributed by atoms with E-state index in [-0.39, 0.29) is 27.7 Å². The van der Waals surface area contributed by atoms with Crippen molar-refractivity contribution in [3.05, 3.63) is 59.2 Å². The van der Waals surface area contributed by atoms with E-state index in [1.165, 1.54) is 18.3 Å². The van der Waals surface area contributed by atoms with Gasteiger partial charge in [0.05, 0.1) is 35.4 Å². The van der Waals surface area contributed by atoms with Gasteiger partial charge in [0, 0.05) is 31.9 Å². The first-order valence-electron chi connectivity index (χ1n) is 11.2. The molecule has 3 aromatic rings. The number of benzene rings is 2. The molecule has 196 valence electrons. The molecule has 1 heterocycles. The highest BCUT2D eigenvalue weighted by Crippen LogP contribution is 2.38. The van der Waals surface area contributed by atoms with Crippen molar-refractivity contribution in [3.8, 4) is 11.5 Å². The standard InChI is InChI=1S/C25H29Cl2N7O3/c1-6-23(36)30-18-12-19(22(37-5)13-20(18)34(4)10-9-33(2)3)31-25-28-14-17(27)24(32-25)29-15-7-8-21(35)16(26)11-15/h6-8,11-14,35H,1,9-10H2,2-5H3,(H,30,36)(H2,28,29,31,32). The number of methoxy groups -OCH3 is 1. The molecule has 0 bridgehead atoms. The minimum atomic E-state index is -0.347. The van der Waals surface area contributed by atoms with Crippen LogP contribution in [0, 0.1) is 0 Å². The third-order valence-electron chi connectivity index (χ3n) is 5.26. The quantitative estimate of drug-likeness (QED) is 0.193. The van der Waals surface area contributed by atoms with Crippen molar-refractivity contribution in [2.45, 2.75) is 0 Å². The van der Waals surface area contributed by atoms with Crippen molar-refractivity contribution >= 4 is 63.6 Å². The normalized spacial score (nSPS) is 10.7. The number of rotatable bonds is 11. The van der Waals surface area contributed by atoms with Crippen LogP contribution in [-0.2, 0) is 4.79 Å². The van der Waals surface area contributed by atoms with Crippen LogP contribution in [0.5, 0.6) is 11.5 Å². The maximum Gasteiger partial charge on any atom is 0.247 e. The summed E-state index contributed by atoms with van der Waals surface area (Å²) in [5.41, 5.74) is 2.42. The first kappa shape index (κ1) is 27.9. The van der Waals surface area contributed by atoms with Gasteiger partial charge >= 0.3 is 0 Å². The summed E-state index contributed by atoms with van der Waals surface area (Å²) in [4.78, 5) is 25.0. The largest absolute Gasteiger partial charge is 0.506 e. The monoisotopic (exact) mass is 545 g/mol. The van der Waals surface area contributed by atoms with Crippen LogP contribution < -0.4 is 25.6 Å². The van der Waals surface area contributed by atoms with Crippen LogP contribution in [0.3, 0.4) is 0 Å². The molecule has 0 atom stereocenters. The summed E-state index contributed by atoms with van der Waals surface area (Å²) < 4.78 is 5.63. The maximum atomic E-state index is 12.2. The van der Waals surface area contributed by atoms with E-state index >= 15 is 0 Å². The molecule has 4 N–H and O–H groups in total. The Balaban J connectivity index is 1.95. The molecule has 0 radical (unpaired) electrons. The predicted octanol–water partition coefficient (Wildman–Crippen LogP) is 5.11. The average molecular weight is 546 g/mol. The van der Waals surface area contributed by atoms with Crippen LogP contribution >= 0.6 is 23.2 Å². The van der Waals surface area contributed by atoms with Gasteiger partial charge in [0.15, 0.2) is 5.82 Å². The van der Waals surface area contributed by atoms with Crippen LogP contribution in [0.25, 0.3) is 0 Å². The van der Waals surface area contributed by atoms with Gasteiger partial charge < -0.3 is 35.6 Å². The Hall–Kier alpha value is -3.73. The molecule has 0 aliphatic rings. The first-order chi connectivity index (χ1) is 17.6. The van der Waals surface area contributed by atoms with E-state index in [1.54, 1.807) is 25.3 Å². The number of nitrogens with zero attached hydrogens (tertiary/aromatic N) is 4. The number of likely N-dealkylation sites (N-methyl/N-ethyl adjacent to an activating group) is 2. The van der Waals surface area contributed by atoms with Crippen molar-refractivity contribution in [3.63, 3.8) is 0 Å². The number of nitrogens with one attached hydrogen (secondary N) is 3. The third-order valence-corrected chi connectivity index (χ3v) is 5.84. The lowest BCUT2D eigenvalue weighted by Gasteiger charge is -2.26. The molecule has 2 aromatic carbocycles. The zero-order chi connectivity index (χ0) is 27.1. The lowest BCUT2D eigenvalue weighted by Crippen LogP contribution is -2.29. The number of halogens is 2. The van der Waals surface area contributed by atoms with E-state index < -0.39 is 0 Å². The number of phenols is 1. The highest BCUT2D eigenvalue weighted by molar-refractivity contribution is 6.33. The van der Waals surface area contributed by atoms with Gasteiger partial charge in [0.1, 0.15) is 16.5 Å². The van der Waals surface area contributed by atoms with Gasteiger partial charge in [0.25, 0.3) is 0 Å². The summed E-state index contributed by atoms with van der Waals surface area (Å²) in [5, 5.41) is 19.2. The van der Waals surface area contributed by atoms with Crippen LogP contribution in [0.2, 0.25) is 10.0 Å². The zero-order valence-corrected chi connectivity index (χ0v) is 22.5. The molecule has 1 amide bonds. The zero-order valence-electron chi connectivity index (χ0n) is 21.0. The lowest BCUT2D eigenvalue weighted by molar-refractivity contribution is -0.111. The molecule has 0 saturated carbocycles. The summed E-state index contributed by atoms with van der Waals surface area (Å²) in [5.74, 6) is 0.678. The second-order valence-electron chi connectivity index (χ2n) is 8.29. The fourth-order valence-corrected chi connectivity index (χ4v) is 3.58. The number of aromatic nitrogens is 2. The molecular weight excluding hydrogens is 517 g/mol. The van der Waals surface area contributed by atoms with Crippen LogP contribution in [0.15, 0.2) is 49.2 Å². The second kappa shape index (κ2) is 12.5. The molecule has 37 heavy (non-hydrogen) atoms. The summed E-state index contributed by atoms with van der Waals surface area (Å²) in [7, 11) is 7.47. The summed E-state index contributed by atoms with van der Waals surface area (Å²) in [6.45, 7) is 5.08. The van der Waals surface area contributed by atoms with E-state index in [0.717, 1.165) is 18.8 Å². The molecule has 10 nitrogen and oxygen atoms in total. The minimum Gasteiger partial charge on any atom is -0.506 e. The lowest BCUT2D eigenvalue weighted by atomic mass is 10.2. The SMILES string of the molecule is C=CC(=O)Nc1cc(Nc2ncc(Cl)c(Nc3ccc(O)c(Cl)c3)n2)c(OC)cc1N(C)CCN(C)C. The van der Waals surface area contributed by atoms with Crippen molar-refractivity contribution < 1.29 is 14.6 Å². The number of carbonyl (C=O) groups is 1. The Labute approximate surface area is 225 Å². The Kier molecular flexibility index (Phi) is 9.40. The predicted molar refractivity (Wildman–Crippen MR) is 150 cm³/mol. The maximum absolute atomic E-state index is 12.2. The number of hydrogen-bond donors (Lipinski definition) is 4. The van der Waals surface area contributed by atoms with E-state index in [1.807, 2.05) is 32.1 Å². The Morgan fingerprint density at radius 2 is 1.86 bits per heavy atom. The van der Waals surface area contributed by atoms with Crippen molar-refractivity contribution in [1.29, 1.82) is 0 Å². The highest BCUT2D eigenvalue weighted by atomic mass is 35.5. The number of aromatic hydroxyl groups is 1. The van der Waals surface area contributed by atoms with Gasteiger partial charge in [-0.05, 0) is 44.4 Å². The second-order valence-corrected chi connectivity index (χ2v) is 9.11.